The average Bonchev–Trinajstić information content (AvgIpc) is 1.85. The molecule has 1 unspecified atom stereocenters. The maximum absolute atomic E-state index is 11.7. The highest BCUT2D eigenvalue weighted by Crippen LogP contribution is 2.16. The highest BCUT2D eigenvalue weighted by molar-refractivity contribution is 14.1. The predicted octanol–water partition coefficient (Wildman–Crippen LogP) is 3.56. The molecule has 0 nitrogen and oxygen atoms in total. The summed E-state index contributed by atoms with van der Waals surface area (Å²) in [5, 5.41) is 0.233. The van der Waals surface area contributed by atoms with Crippen LogP contribution in [0.5, 0.6) is 0 Å². The SMILES string of the molecule is C[C@@H](Cl)CCC(I)CCF. The van der Waals surface area contributed by atoms with Gasteiger partial charge in [0.25, 0.3) is 0 Å². The van der Waals surface area contributed by atoms with Crippen molar-refractivity contribution >= 4 is 34.2 Å². The first-order valence-electron chi connectivity index (χ1n) is 3.51. The van der Waals surface area contributed by atoms with E-state index >= 15 is 0 Å². The number of alkyl halides is 3. The molecule has 0 rings (SSSR count). The maximum Gasteiger partial charge on any atom is 0.0904 e. The fourth-order valence-electron chi connectivity index (χ4n) is 0.673. The van der Waals surface area contributed by atoms with Crippen molar-refractivity contribution < 1.29 is 4.39 Å². The molecule has 0 aromatic rings. The second kappa shape index (κ2) is 6.65. The molecule has 0 aliphatic carbocycles. The summed E-state index contributed by atoms with van der Waals surface area (Å²) >= 11 is 8.00. The molecule has 0 spiro atoms. The average molecular weight is 279 g/mol. The largest absolute Gasteiger partial charge is 0.251 e. The van der Waals surface area contributed by atoms with Crippen molar-refractivity contribution in [3.8, 4) is 0 Å². The predicted molar refractivity (Wildman–Crippen MR) is 52.9 cm³/mol. The fraction of sp³-hybridized carbons (Fsp3) is 1.00. The van der Waals surface area contributed by atoms with E-state index in [1.807, 2.05) is 6.92 Å². The molecule has 3 heteroatoms. The smallest absolute Gasteiger partial charge is 0.0904 e. The van der Waals surface area contributed by atoms with Crippen LogP contribution in [0.15, 0.2) is 0 Å². The van der Waals surface area contributed by atoms with E-state index in [2.05, 4.69) is 22.6 Å². The van der Waals surface area contributed by atoms with E-state index in [1.165, 1.54) is 0 Å². The highest BCUT2D eigenvalue weighted by atomic mass is 127. The molecule has 0 aliphatic heterocycles. The summed E-state index contributed by atoms with van der Waals surface area (Å²) in [6, 6.07) is 0. The summed E-state index contributed by atoms with van der Waals surface area (Å²) < 4.78 is 12.2. The monoisotopic (exact) mass is 278 g/mol. The Kier molecular flexibility index (Phi) is 7.28. The molecule has 2 atom stereocenters. The molecule has 0 fully saturated rings. The van der Waals surface area contributed by atoms with Gasteiger partial charge in [0.05, 0.1) is 6.67 Å². The Morgan fingerprint density at radius 1 is 1.40 bits per heavy atom. The van der Waals surface area contributed by atoms with Crippen LogP contribution in [0.3, 0.4) is 0 Å². The number of hydrogen-bond donors (Lipinski definition) is 0. The lowest BCUT2D eigenvalue weighted by Gasteiger charge is -2.07. The minimum atomic E-state index is -0.204. The quantitative estimate of drug-likeness (QED) is 0.533. The van der Waals surface area contributed by atoms with Crippen molar-refractivity contribution in [3.63, 3.8) is 0 Å². The van der Waals surface area contributed by atoms with Gasteiger partial charge in [-0.2, -0.15) is 0 Å². The molecular formula is C7H13ClFI. The van der Waals surface area contributed by atoms with Gasteiger partial charge in [-0.25, -0.2) is 0 Å². The van der Waals surface area contributed by atoms with Crippen molar-refractivity contribution in [2.75, 3.05) is 6.67 Å². The van der Waals surface area contributed by atoms with Crippen LogP contribution in [0.4, 0.5) is 4.39 Å². The molecule has 0 bridgehead atoms. The lowest BCUT2D eigenvalue weighted by Crippen LogP contribution is -2.02. The maximum atomic E-state index is 11.7. The molecule has 0 aliphatic rings. The molecule has 62 valence electrons. The summed E-state index contributed by atoms with van der Waals surface area (Å²) in [7, 11) is 0. The topological polar surface area (TPSA) is 0 Å². The third-order valence-corrected chi connectivity index (χ3v) is 2.76. The summed E-state index contributed by atoms with van der Waals surface area (Å²) in [6.07, 6.45) is 2.70. The minimum Gasteiger partial charge on any atom is -0.251 e. The van der Waals surface area contributed by atoms with Gasteiger partial charge in [-0.1, -0.05) is 22.6 Å². The Morgan fingerprint density at radius 3 is 2.40 bits per heavy atom. The van der Waals surface area contributed by atoms with Gasteiger partial charge in [-0.15, -0.1) is 11.6 Å². The van der Waals surface area contributed by atoms with E-state index in [4.69, 9.17) is 11.6 Å². The zero-order valence-electron chi connectivity index (χ0n) is 6.12. The zero-order chi connectivity index (χ0) is 7.98. The van der Waals surface area contributed by atoms with E-state index < -0.39 is 0 Å². The number of halogens is 3. The standard InChI is InChI=1S/C7H13ClFI/c1-6(8)2-3-7(10)4-5-9/h6-7H,2-5H2,1H3/t6-,7?/m1/s1. The molecule has 0 radical (unpaired) electrons. The van der Waals surface area contributed by atoms with Gasteiger partial charge in [-0.3, -0.25) is 4.39 Å². The van der Waals surface area contributed by atoms with Crippen LogP contribution < -0.4 is 0 Å². The molecule has 0 N–H and O–H groups in total. The van der Waals surface area contributed by atoms with Gasteiger partial charge >= 0.3 is 0 Å². The molecule has 10 heavy (non-hydrogen) atoms. The third-order valence-electron chi connectivity index (χ3n) is 1.30. The Labute approximate surface area is 80.7 Å². The van der Waals surface area contributed by atoms with Gasteiger partial charge in [0.1, 0.15) is 0 Å². The van der Waals surface area contributed by atoms with Crippen molar-refractivity contribution in [1.82, 2.24) is 0 Å². The molecular weight excluding hydrogens is 265 g/mol. The second-order valence-corrected chi connectivity index (χ2v) is 4.94. The van der Waals surface area contributed by atoms with Gasteiger partial charge in [0.15, 0.2) is 0 Å². The third kappa shape index (κ3) is 7.06. The first-order valence-corrected chi connectivity index (χ1v) is 5.19. The first kappa shape index (κ1) is 11.0. The van der Waals surface area contributed by atoms with Crippen LogP contribution in [-0.4, -0.2) is 16.0 Å². The molecule has 0 heterocycles. The highest BCUT2D eigenvalue weighted by Gasteiger charge is 2.04. The molecule has 0 saturated carbocycles. The lowest BCUT2D eigenvalue weighted by atomic mass is 10.2. The van der Waals surface area contributed by atoms with E-state index in [0.717, 1.165) is 12.8 Å². The summed E-state index contributed by atoms with van der Waals surface area (Å²) in [5.41, 5.74) is 0. The Balaban J connectivity index is 3.12. The molecule has 0 aromatic heterocycles. The Morgan fingerprint density at radius 2 is 2.00 bits per heavy atom. The first-order chi connectivity index (χ1) is 4.66. The van der Waals surface area contributed by atoms with Crippen molar-refractivity contribution in [3.05, 3.63) is 0 Å². The van der Waals surface area contributed by atoms with E-state index in [1.54, 1.807) is 0 Å². The molecule has 0 aromatic carbocycles. The van der Waals surface area contributed by atoms with E-state index in [0.29, 0.717) is 10.3 Å². The number of rotatable bonds is 5. The van der Waals surface area contributed by atoms with Crippen molar-refractivity contribution in [2.24, 2.45) is 0 Å². The van der Waals surface area contributed by atoms with Crippen LogP contribution in [-0.2, 0) is 0 Å². The summed E-state index contributed by atoms with van der Waals surface area (Å²) in [5.74, 6) is 0. The van der Waals surface area contributed by atoms with Crippen LogP contribution in [0, 0.1) is 0 Å². The number of hydrogen-bond acceptors (Lipinski definition) is 0. The van der Waals surface area contributed by atoms with Crippen LogP contribution in [0.2, 0.25) is 0 Å². The van der Waals surface area contributed by atoms with Gasteiger partial charge in [-0.05, 0) is 26.2 Å². The fourth-order valence-corrected chi connectivity index (χ4v) is 1.39. The van der Waals surface area contributed by atoms with Gasteiger partial charge in [0, 0.05) is 9.30 Å². The van der Waals surface area contributed by atoms with E-state index in [-0.39, 0.29) is 12.1 Å². The van der Waals surface area contributed by atoms with Crippen molar-refractivity contribution in [2.45, 2.75) is 35.5 Å². The Bertz CT molecular complexity index is 78.0. The normalized spacial score (nSPS) is 16.8. The van der Waals surface area contributed by atoms with Gasteiger partial charge < -0.3 is 0 Å². The Hall–Kier alpha value is 0.950. The lowest BCUT2D eigenvalue weighted by molar-refractivity contribution is 0.463. The molecule has 0 saturated heterocycles. The summed E-state index contributed by atoms with van der Waals surface area (Å²) in [6.45, 7) is 1.77. The molecule has 0 amide bonds. The van der Waals surface area contributed by atoms with Crippen LogP contribution in [0.1, 0.15) is 26.2 Å². The second-order valence-electron chi connectivity index (χ2n) is 2.43. The zero-order valence-corrected chi connectivity index (χ0v) is 9.03. The summed E-state index contributed by atoms with van der Waals surface area (Å²) in [4.78, 5) is 0. The van der Waals surface area contributed by atoms with Gasteiger partial charge in [0.2, 0.25) is 0 Å². The minimum absolute atomic E-state index is 0.204. The van der Waals surface area contributed by atoms with Crippen LogP contribution >= 0.6 is 34.2 Å². The van der Waals surface area contributed by atoms with E-state index in [9.17, 15) is 4.39 Å². The van der Waals surface area contributed by atoms with Crippen LogP contribution in [0.25, 0.3) is 0 Å². The van der Waals surface area contributed by atoms with Crippen molar-refractivity contribution in [1.29, 1.82) is 0 Å².